The molecule has 1 nitrogen and oxygen atoms in total. The highest BCUT2D eigenvalue weighted by Gasteiger charge is 2.34. The highest BCUT2D eigenvalue weighted by Crippen LogP contribution is 2.46. The highest BCUT2D eigenvalue weighted by atomic mass is 79.9. The van der Waals surface area contributed by atoms with Crippen LogP contribution in [0.1, 0.15) is 30.0 Å². The van der Waals surface area contributed by atoms with Gasteiger partial charge in [0.1, 0.15) is 0 Å². The highest BCUT2D eigenvalue weighted by molar-refractivity contribution is 9.10. The van der Waals surface area contributed by atoms with Crippen molar-refractivity contribution in [2.75, 3.05) is 0 Å². The molecule has 1 aliphatic rings. The van der Waals surface area contributed by atoms with Gasteiger partial charge in [0.15, 0.2) is 0 Å². The third-order valence-electron chi connectivity index (χ3n) is 2.85. The zero-order chi connectivity index (χ0) is 12.2. The number of hydrogen-bond donors (Lipinski definition) is 0. The van der Waals surface area contributed by atoms with Crippen molar-refractivity contribution in [3.8, 4) is 0 Å². The van der Waals surface area contributed by atoms with Gasteiger partial charge in [-0.2, -0.15) is 17.5 Å². The van der Waals surface area contributed by atoms with E-state index in [1.807, 2.05) is 0 Å². The standard InChI is InChI=1S/C11H7BrF3NS/c12-8-4-6(11(13,14)15)3-7-9(5-1-2-5)16-17-10(7)8/h3-5H,1-2H2. The van der Waals surface area contributed by atoms with E-state index in [4.69, 9.17) is 0 Å². The maximum Gasteiger partial charge on any atom is 0.416 e. The Labute approximate surface area is 108 Å². The number of nitrogens with zero attached hydrogens (tertiary/aromatic N) is 1. The minimum absolute atomic E-state index is 0.360. The van der Waals surface area contributed by atoms with Crippen molar-refractivity contribution in [1.29, 1.82) is 0 Å². The van der Waals surface area contributed by atoms with Crippen molar-refractivity contribution >= 4 is 37.5 Å². The molecular formula is C11H7BrF3NS. The van der Waals surface area contributed by atoms with E-state index in [1.54, 1.807) is 0 Å². The fourth-order valence-electron chi connectivity index (χ4n) is 1.84. The van der Waals surface area contributed by atoms with Crippen LogP contribution in [0.5, 0.6) is 0 Å². The summed E-state index contributed by atoms with van der Waals surface area (Å²) >= 11 is 4.46. The van der Waals surface area contributed by atoms with Crippen molar-refractivity contribution in [2.24, 2.45) is 0 Å². The Bertz CT molecular complexity index is 586. The van der Waals surface area contributed by atoms with Crippen LogP contribution in [0.25, 0.3) is 10.1 Å². The fraction of sp³-hybridized carbons (Fsp3) is 0.364. The van der Waals surface area contributed by atoms with Crippen LogP contribution in [0.2, 0.25) is 0 Å². The van der Waals surface area contributed by atoms with Crippen molar-refractivity contribution in [3.63, 3.8) is 0 Å². The molecule has 0 N–H and O–H groups in total. The number of hydrogen-bond acceptors (Lipinski definition) is 2. The minimum atomic E-state index is -4.31. The summed E-state index contributed by atoms with van der Waals surface area (Å²) in [6, 6.07) is 2.34. The molecule has 6 heteroatoms. The molecule has 0 atom stereocenters. The molecule has 3 rings (SSSR count). The van der Waals surface area contributed by atoms with Crippen molar-refractivity contribution in [1.82, 2.24) is 4.37 Å². The molecule has 1 aromatic carbocycles. The van der Waals surface area contributed by atoms with Gasteiger partial charge in [-0.25, -0.2) is 0 Å². The Kier molecular flexibility index (Phi) is 2.49. The van der Waals surface area contributed by atoms with Gasteiger partial charge in [-0.05, 0) is 52.4 Å². The molecule has 0 unspecified atom stereocenters. The second-order valence-electron chi connectivity index (χ2n) is 4.17. The first-order valence-electron chi connectivity index (χ1n) is 5.13. The second-order valence-corrected chi connectivity index (χ2v) is 5.80. The lowest BCUT2D eigenvalue weighted by Crippen LogP contribution is -2.04. The molecule has 1 fully saturated rings. The van der Waals surface area contributed by atoms with Gasteiger partial charge in [0, 0.05) is 15.8 Å². The fourth-order valence-corrected chi connectivity index (χ4v) is 3.36. The van der Waals surface area contributed by atoms with E-state index in [1.165, 1.54) is 17.6 Å². The number of benzene rings is 1. The Hall–Kier alpha value is -0.620. The number of halogens is 4. The van der Waals surface area contributed by atoms with Crippen LogP contribution in [-0.4, -0.2) is 4.37 Å². The molecule has 0 spiro atoms. The van der Waals surface area contributed by atoms with Gasteiger partial charge in [-0.15, -0.1) is 0 Å². The van der Waals surface area contributed by atoms with Gasteiger partial charge >= 0.3 is 6.18 Å². The summed E-state index contributed by atoms with van der Waals surface area (Å²) in [5.74, 6) is 0.360. The van der Waals surface area contributed by atoms with E-state index in [-0.39, 0.29) is 0 Å². The molecular weight excluding hydrogens is 315 g/mol. The molecule has 0 saturated heterocycles. The molecule has 1 saturated carbocycles. The van der Waals surface area contributed by atoms with Gasteiger partial charge in [-0.1, -0.05) is 0 Å². The minimum Gasteiger partial charge on any atom is -0.196 e. The normalized spacial score (nSPS) is 16.7. The molecule has 1 aliphatic carbocycles. The monoisotopic (exact) mass is 321 g/mol. The first-order chi connectivity index (χ1) is 7.97. The topological polar surface area (TPSA) is 12.9 Å². The van der Waals surface area contributed by atoms with Crippen LogP contribution < -0.4 is 0 Å². The summed E-state index contributed by atoms with van der Waals surface area (Å²) in [4.78, 5) is 0. The maximum absolute atomic E-state index is 12.7. The molecule has 0 radical (unpaired) electrons. The SMILES string of the molecule is FC(F)(F)c1cc(Br)c2snc(C3CC3)c2c1. The average molecular weight is 322 g/mol. The van der Waals surface area contributed by atoms with E-state index in [9.17, 15) is 13.2 Å². The van der Waals surface area contributed by atoms with E-state index in [0.717, 1.165) is 29.3 Å². The number of alkyl halides is 3. The first-order valence-corrected chi connectivity index (χ1v) is 6.69. The largest absolute Gasteiger partial charge is 0.416 e. The van der Waals surface area contributed by atoms with E-state index in [0.29, 0.717) is 15.8 Å². The Morgan fingerprint density at radius 2 is 2.00 bits per heavy atom. The Balaban J connectivity index is 2.25. The molecule has 1 heterocycles. The van der Waals surface area contributed by atoms with E-state index >= 15 is 0 Å². The van der Waals surface area contributed by atoms with Crippen LogP contribution in [0.3, 0.4) is 0 Å². The van der Waals surface area contributed by atoms with Gasteiger partial charge in [0.2, 0.25) is 0 Å². The average Bonchev–Trinajstić information content (AvgIpc) is 2.97. The molecule has 0 aliphatic heterocycles. The maximum atomic E-state index is 12.7. The summed E-state index contributed by atoms with van der Waals surface area (Å²) in [7, 11) is 0. The van der Waals surface area contributed by atoms with Gasteiger partial charge in [0.25, 0.3) is 0 Å². The van der Waals surface area contributed by atoms with E-state index < -0.39 is 11.7 Å². The van der Waals surface area contributed by atoms with Gasteiger partial charge in [0.05, 0.1) is 16.0 Å². The van der Waals surface area contributed by atoms with Gasteiger partial charge in [-0.3, -0.25) is 0 Å². The molecule has 0 bridgehead atoms. The zero-order valence-corrected chi connectivity index (χ0v) is 10.9. The zero-order valence-electron chi connectivity index (χ0n) is 8.51. The summed E-state index contributed by atoms with van der Waals surface area (Å²) in [6.45, 7) is 0. The summed E-state index contributed by atoms with van der Waals surface area (Å²) in [6.07, 6.45) is -2.24. The van der Waals surface area contributed by atoms with Gasteiger partial charge < -0.3 is 0 Å². The third-order valence-corrected chi connectivity index (χ3v) is 4.64. The van der Waals surface area contributed by atoms with Crippen LogP contribution in [0.4, 0.5) is 13.2 Å². The quantitative estimate of drug-likeness (QED) is 0.723. The Morgan fingerprint density at radius 1 is 1.29 bits per heavy atom. The predicted molar refractivity (Wildman–Crippen MR) is 64.3 cm³/mol. The molecule has 90 valence electrons. The van der Waals surface area contributed by atoms with Crippen LogP contribution >= 0.6 is 27.5 Å². The first kappa shape index (κ1) is 11.5. The van der Waals surface area contributed by atoms with Crippen LogP contribution in [0.15, 0.2) is 16.6 Å². The third kappa shape index (κ3) is 1.97. The number of fused-ring (bicyclic) bond motifs is 1. The predicted octanol–water partition coefficient (Wildman–Crippen LogP) is 4.96. The lowest BCUT2D eigenvalue weighted by molar-refractivity contribution is -0.137. The smallest absolute Gasteiger partial charge is 0.196 e. The van der Waals surface area contributed by atoms with Crippen molar-refractivity contribution in [3.05, 3.63) is 27.9 Å². The summed E-state index contributed by atoms with van der Waals surface area (Å²) in [5.41, 5.74) is 0.218. The lowest BCUT2D eigenvalue weighted by atomic mass is 10.1. The molecule has 2 aromatic rings. The lowest BCUT2D eigenvalue weighted by Gasteiger charge is -2.07. The molecule has 0 amide bonds. The summed E-state index contributed by atoms with van der Waals surface area (Å²) < 4.78 is 43.7. The van der Waals surface area contributed by atoms with E-state index in [2.05, 4.69) is 20.3 Å². The summed E-state index contributed by atoms with van der Waals surface area (Å²) in [5, 5.41) is 0.652. The van der Waals surface area contributed by atoms with Crippen molar-refractivity contribution in [2.45, 2.75) is 24.9 Å². The van der Waals surface area contributed by atoms with Crippen LogP contribution in [0, 0.1) is 0 Å². The van der Waals surface area contributed by atoms with Crippen LogP contribution in [-0.2, 0) is 6.18 Å². The Morgan fingerprint density at radius 3 is 2.59 bits per heavy atom. The number of rotatable bonds is 1. The molecule has 1 aromatic heterocycles. The number of aromatic nitrogens is 1. The van der Waals surface area contributed by atoms with Crippen molar-refractivity contribution < 1.29 is 13.2 Å². The second kappa shape index (κ2) is 3.68. The molecule has 17 heavy (non-hydrogen) atoms.